The van der Waals surface area contributed by atoms with Gasteiger partial charge in [-0.25, -0.2) is 4.98 Å². The molecule has 2 aromatic rings. The van der Waals surface area contributed by atoms with Crippen molar-refractivity contribution in [2.75, 3.05) is 37.3 Å². The fourth-order valence-electron chi connectivity index (χ4n) is 3.99. The van der Waals surface area contributed by atoms with E-state index in [0.29, 0.717) is 18.3 Å². The van der Waals surface area contributed by atoms with Crippen molar-refractivity contribution in [3.63, 3.8) is 0 Å². The molecule has 4 rings (SSSR count). The number of hydrogen-bond donors (Lipinski definition) is 4. The van der Waals surface area contributed by atoms with Crippen molar-refractivity contribution >= 4 is 23.2 Å². The minimum absolute atomic E-state index is 0.137. The number of aromatic amines is 1. The third-order valence-corrected chi connectivity index (χ3v) is 6.02. The van der Waals surface area contributed by atoms with Crippen LogP contribution in [0.2, 0.25) is 0 Å². The quantitative estimate of drug-likeness (QED) is 0.269. The van der Waals surface area contributed by atoms with E-state index in [2.05, 4.69) is 67.9 Å². The number of hydrogen-bond acceptors (Lipinski definition) is 8. The molecule has 1 saturated carbocycles. The standard InChI is InChI=1S/C26H35N7O2/c1-5-17(2)27-10-11-29-26-23(16-35-18(3)34)22(8-9-28-26)20-12-21(15-33(4)14-20)30-25-13-24(31-32-25)19-6-7-19/h8-9,12-14,19,27H,2,5-7,10-11,15-16H2,1,3-4H3,(H,28,29)(H2,30,31,32). The van der Waals surface area contributed by atoms with Crippen LogP contribution in [0.5, 0.6) is 0 Å². The Bertz CT molecular complexity index is 1130. The summed E-state index contributed by atoms with van der Waals surface area (Å²) in [5, 5.41) is 17.7. The van der Waals surface area contributed by atoms with E-state index in [9.17, 15) is 4.79 Å². The lowest BCUT2D eigenvalue weighted by Crippen LogP contribution is -2.23. The molecule has 1 aliphatic heterocycles. The number of rotatable bonds is 12. The van der Waals surface area contributed by atoms with Crippen LogP contribution in [0.3, 0.4) is 0 Å². The number of carbonyl (C=O) groups is 1. The van der Waals surface area contributed by atoms with Crippen LogP contribution in [-0.4, -0.2) is 52.7 Å². The molecule has 0 saturated heterocycles. The molecule has 1 fully saturated rings. The zero-order valence-electron chi connectivity index (χ0n) is 20.8. The number of likely N-dealkylation sites (N-methyl/N-ethyl adjacent to an activating group) is 1. The van der Waals surface area contributed by atoms with Crippen LogP contribution in [-0.2, 0) is 16.1 Å². The van der Waals surface area contributed by atoms with Crippen molar-refractivity contribution in [1.82, 2.24) is 25.4 Å². The maximum Gasteiger partial charge on any atom is 0.302 e. The molecule has 1 aliphatic carbocycles. The Morgan fingerprint density at radius 2 is 2.17 bits per heavy atom. The lowest BCUT2D eigenvalue weighted by Gasteiger charge is -2.25. The first kappa shape index (κ1) is 24.4. The van der Waals surface area contributed by atoms with E-state index in [1.165, 1.54) is 25.5 Å². The number of nitrogens with one attached hydrogen (secondary N) is 4. The van der Waals surface area contributed by atoms with Crippen molar-refractivity contribution in [2.45, 2.75) is 45.6 Å². The molecule has 9 heteroatoms. The summed E-state index contributed by atoms with van der Waals surface area (Å²) < 4.78 is 5.40. The molecule has 186 valence electrons. The SMILES string of the molecule is C=C(CC)NCCNc1nccc(C2=CN(C)CC(Nc3cc(C4CC4)[nH]n3)=C2)c1COC(C)=O. The Morgan fingerprint density at radius 3 is 2.91 bits per heavy atom. The van der Waals surface area contributed by atoms with Gasteiger partial charge >= 0.3 is 5.97 Å². The fourth-order valence-corrected chi connectivity index (χ4v) is 3.99. The van der Waals surface area contributed by atoms with Gasteiger partial charge in [-0.15, -0.1) is 0 Å². The van der Waals surface area contributed by atoms with Gasteiger partial charge in [0.2, 0.25) is 0 Å². The summed E-state index contributed by atoms with van der Waals surface area (Å²) in [4.78, 5) is 18.3. The molecule has 3 heterocycles. The number of pyridine rings is 1. The third kappa shape index (κ3) is 6.65. The highest BCUT2D eigenvalue weighted by Gasteiger charge is 2.26. The summed E-state index contributed by atoms with van der Waals surface area (Å²) in [6.45, 7) is 9.70. The minimum atomic E-state index is -0.329. The summed E-state index contributed by atoms with van der Waals surface area (Å²) in [6.07, 6.45) is 9.33. The van der Waals surface area contributed by atoms with Gasteiger partial charge in [0.15, 0.2) is 5.82 Å². The first-order chi connectivity index (χ1) is 16.9. The van der Waals surface area contributed by atoms with Crippen molar-refractivity contribution < 1.29 is 9.53 Å². The van der Waals surface area contributed by atoms with E-state index in [1.54, 1.807) is 6.20 Å². The van der Waals surface area contributed by atoms with E-state index in [1.807, 2.05) is 13.1 Å². The van der Waals surface area contributed by atoms with Crippen molar-refractivity contribution in [1.29, 1.82) is 0 Å². The maximum atomic E-state index is 11.6. The second kappa shape index (κ2) is 11.1. The average molecular weight is 478 g/mol. The number of aromatic nitrogens is 3. The van der Waals surface area contributed by atoms with Crippen LogP contribution in [0, 0.1) is 0 Å². The lowest BCUT2D eigenvalue weighted by molar-refractivity contribution is -0.142. The Balaban J connectivity index is 1.55. The zero-order chi connectivity index (χ0) is 24.8. The summed E-state index contributed by atoms with van der Waals surface area (Å²) in [6, 6.07) is 4.05. The molecule has 9 nitrogen and oxygen atoms in total. The Hall–Kier alpha value is -3.75. The largest absolute Gasteiger partial charge is 0.461 e. The van der Waals surface area contributed by atoms with Gasteiger partial charge in [0.25, 0.3) is 0 Å². The molecule has 0 amide bonds. The predicted octanol–water partition coefficient (Wildman–Crippen LogP) is 3.95. The normalized spacial score (nSPS) is 15.2. The minimum Gasteiger partial charge on any atom is -0.461 e. The highest BCUT2D eigenvalue weighted by molar-refractivity contribution is 5.80. The summed E-state index contributed by atoms with van der Waals surface area (Å²) in [7, 11) is 2.03. The molecule has 35 heavy (non-hydrogen) atoms. The molecule has 0 bridgehead atoms. The fraction of sp³-hybridized carbons (Fsp3) is 0.423. The molecule has 2 aliphatic rings. The Labute approximate surface area is 206 Å². The van der Waals surface area contributed by atoms with Crippen LogP contribution in [0.25, 0.3) is 5.57 Å². The number of anilines is 2. The molecule has 0 spiro atoms. The van der Waals surface area contributed by atoms with E-state index >= 15 is 0 Å². The number of nitrogens with zero attached hydrogens (tertiary/aromatic N) is 3. The van der Waals surface area contributed by atoms with Gasteiger partial charge in [-0.05, 0) is 42.5 Å². The highest BCUT2D eigenvalue weighted by atomic mass is 16.5. The van der Waals surface area contributed by atoms with Gasteiger partial charge in [-0.3, -0.25) is 9.89 Å². The van der Waals surface area contributed by atoms with Crippen LogP contribution >= 0.6 is 0 Å². The van der Waals surface area contributed by atoms with Crippen molar-refractivity contribution in [3.8, 4) is 0 Å². The number of carbonyl (C=O) groups excluding carboxylic acids is 1. The smallest absolute Gasteiger partial charge is 0.302 e. The number of H-pyrrole nitrogens is 1. The van der Waals surface area contributed by atoms with Gasteiger partial charge in [0, 0.05) is 74.1 Å². The lowest BCUT2D eigenvalue weighted by atomic mass is 9.99. The Morgan fingerprint density at radius 1 is 1.34 bits per heavy atom. The summed E-state index contributed by atoms with van der Waals surface area (Å²) in [5.41, 5.74) is 6.02. The average Bonchev–Trinajstić information content (AvgIpc) is 3.59. The van der Waals surface area contributed by atoms with E-state index < -0.39 is 0 Å². The zero-order valence-corrected chi connectivity index (χ0v) is 20.8. The maximum absolute atomic E-state index is 11.6. The van der Waals surface area contributed by atoms with E-state index in [4.69, 9.17) is 4.74 Å². The molecule has 4 N–H and O–H groups in total. The topological polar surface area (TPSA) is 107 Å². The molecular formula is C26H35N7O2. The van der Waals surface area contributed by atoms with Crippen molar-refractivity contribution in [2.24, 2.45) is 0 Å². The molecule has 0 unspecified atom stereocenters. The van der Waals surface area contributed by atoms with Crippen molar-refractivity contribution in [3.05, 3.63) is 65.4 Å². The highest BCUT2D eigenvalue weighted by Crippen LogP contribution is 2.39. The monoisotopic (exact) mass is 477 g/mol. The molecule has 0 aromatic carbocycles. The first-order valence-corrected chi connectivity index (χ1v) is 12.1. The van der Waals surface area contributed by atoms with Gasteiger partial charge in [-0.2, -0.15) is 5.10 Å². The second-order valence-electron chi connectivity index (χ2n) is 9.05. The van der Waals surface area contributed by atoms with Crippen LogP contribution < -0.4 is 16.0 Å². The third-order valence-electron chi connectivity index (χ3n) is 6.02. The molecule has 2 aromatic heterocycles. The van der Waals surface area contributed by atoms with Crippen LogP contribution in [0.1, 0.15) is 55.8 Å². The molecule has 0 radical (unpaired) electrons. The van der Waals surface area contributed by atoms with E-state index in [0.717, 1.165) is 53.4 Å². The van der Waals surface area contributed by atoms with Crippen LogP contribution in [0.4, 0.5) is 11.6 Å². The van der Waals surface area contributed by atoms with Gasteiger partial charge in [0.1, 0.15) is 12.4 Å². The van der Waals surface area contributed by atoms with Gasteiger partial charge < -0.3 is 25.6 Å². The summed E-state index contributed by atoms with van der Waals surface area (Å²) in [5.74, 6) is 1.82. The Kier molecular flexibility index (Phi) is 7.74. The summed E-state index contributed by atoms with van der Waals surface area (Å²) >= 11 is 0. The first-order valence-electron chi connectivity index (χ1n) is 12.1. The predicted molar refractivity (Wildman–Crippen MR) is 139 cm³/mol. The number of ether oxygens (including phenoxy) is 1. The van der Waals surface area contributed by atoms with E-state index in [-0.39, 0.29) is 12.6 Å². The second-order valence-corrected chi connectivity index (χ2v) is 9.05. The number of esters is 1. The van der Waals surface area contributed by atoms with Gasteiger partial charge in [0.05, 0.1) is 6.54 Å². The molecule has 0 atom stereocenters. The number of allylic oxidation sites excluding steroid dienone is 3. The molecular weight excluding hydrogens is 442 g/mol. The van der Waals surface area contributed by atoms with Crippen LogP contribution in [0.15, 0.2) is 48.6 Å². The van der Waals surface area contributed by atoms with Gasteiger partial charge in [-0.1, -0.05) is 13.5 Å².